The number of anilines is 1. The second-order valence-corrected chi connectivity index (χ2v) is 5.45. The first-order valence-corrected chi connectivity index (χ1v) is 7.60. The van der Waals surface area contributed by atoms with E-state index < -0.39 is 0 Å². The highest BCUT2D eigenvalue weighted by molar-refractivity contribution is 7.09. The molecule has 0 spiro atoms. The molecular formula is C16H21NS. The third kappa shape index (κ3) is 3.14. The molecule has 0 saturated heterocycles. The number of para-hydroxylation sites is 1. The molecule has 0 atom stereocenters. The Morgan fingerprint density at radius 2 is 1.72 bits per heavy atom. The van der Waals surface area contributed by atoms with Crippen LogP contribution in [-0.4, -0.2) is 6.54 Å². The second-order valence-electron chi connectivity index (χ2n) is 4.41. The fraction of sp³-hybridized carbons (Fsp3) is 0.375. The minimum Gasteiger partial charge on any atom is -0.384 e. The Kier molecular flexibility index (Phi) is 4.82. The van der Waals surface area contributed by atoms with Crippen LogP contribution in [0.5, 0.6) is 0 Å². The molecule has 0 aliphatic carbocycles. The molecular weight excluding hydrogens is 238 g/mol. The zero-order valence-electron chi connectivity index (χ0n) is 11.2. The second kappa shape index (κ2) is 6.60. The molecule has 0 unspecified atom stereocenters. The minimum atomic E-state index is 1.02. The molecule has 1 aromatic heterocycles. The molecule has 0 bridgehead atoms. The number of aryl methyl sites for hydroxylation is 2. The van der Waals surface area contributed by atoms with Crippen molar-refractivity contribution in [2.24, 2.45) is 0 Å². The van der Waals surface area contributed by atoms with E-state index in [9.17, 15) is 0 Å². The van der Waals surface area contributed by atoms with E-state index in [1.54, 1.807) is 0 Å². The largest absolute Gasteiger partial charge is 0.384 e. The van der Waals surface area contributed by atoms with Gasteiger partial charge in [0.05, 0.1) is 0 Å². The maximum absolute atomic E-state index is 3.63. The molecule has 0 radical (unpaired) electrons. The highest BCUT2D eigenvalue weighted by Gasteiger charge is 2.05. The third-order valence-corrected chi connectivity index (χ3v) is 4.19. The van der Waals surface area contributed by atoms with E-state index in [2.05, 4.69) is 54.9 Å². The fourth-order valence-corrected chi connectivity index (χ4v) is 2.94. The van der Waals surface area contributed by atoms with E-state index in [4.69, 9.17) is 0 Å². The summed E-state index contributed by atoms with van der Waals surface area (Å²) in [5, 5.41) is 5.77. The molecule has 18 heavy (non-hydrogen) atoms. The lowest BCUT2D eigenvalue weighted by molar-refractivity contribution is 1.01. The van der Waals surface area contributed by atoms with Crippen molar-refractivity contribution < 1.29 is 0 Å². The number of nitrogens with one attached hydrogen (secondary N) is 1. The van der Waals surface area contributed by atoms with Gasteiger partial charge < -0.3 is 5.32 Å². The van der Waals surface area contributed by atoms with Gasteiger partial charge in [0.25, 0.3) is 0 Å². The van der Waals surface area contributed by atoms with Crippen LogP contribution >= 0.6 is 11.3 Å². The van der Waals surface area contributed by atoms with Gasteiger partial charge in [0.15, 0.2) is 0 Å². The topological polar surface area (TPSA) is 12.0 Å². The van der Waals surface area contributed by atoms with Crippen molar-refractivity contribution in [2.75, 3.05) is 11.9 Å². The maximum Gasteiger partial charge on any atom is 0.0405 e. The number of hydrogen-bond donors (Lipinski definition) is 1. The number of thiophene rings is 1. The highest BCUT2D eigenvalue weighted by atomic mass is 32.1. The summed E-state index contributed by atoms with van der Waals surface area (Å²) in [7, 11) is 0. The monoisotopic (exact) mass is 259 g/mol. The van der Waals surface area contributed by atoms with Gasteiger partial charge in [-0.1, -0.05) is 38.1 Å². The standard InChI is InChI=1S/C16H21NS/c1-3-13-7-5-8-14(4-2)16(13)17-11-10-15-9-6-12-18-15/h5-9,12,17H,3-4,10-11H2,1-2H3. The van der Waals surface area contributed by atoms with Gasteiger partial charge in [-0.3, -0.25) is 0 Å². The summed E-state index contributed by atoms with van der Waals surface area (Å²) < 4.78 is 0. The molecule has 0 saturated carbocycles. The van der Waals surface area contributed by atoms with Crippen LogP contribution in [0, 0.1) is 0 Å². The van der Waals surface area contributed by atoms with Gasteiger partial charge in [-0.2, -0.15) is 0 Å². The van der Waals surface area contributed by atoms with E-state index >= 15 is 0 Å². The summed E-state index contributed by atoms with van der Waals surface area (Å²) >= 11 is 1.84. The normalized spacial score (nSPS) is 10.6. The molecule has 1 heterocycles. The average molecular weight is 259 g/mol. The van der Waals surface area contributed by atoms with E-state index in [1.807, 2.05) is 11.3 Å². The molecule has 0 fully saturated rings. The highest BCUT2D eigenvalue weighted by Crippen LogP contribution is 2.22. The number of benzene rings is 1. The Morgan fingerprint density at radius 1 is 1.00 bits per heavy atom. The maximum atomic E-state index is 3.63. The summed E-state index contributed by atoms with van der Waals surface area (Å²) in [6, 6.07) is 11.0. The Morgan fingerprint density at radius 3 is 2.28 bits per heavy atom. The fourth-order valence-electron chi connectivity index (χ4n) is 2.24. The summed E-state index contributed by atoms with van der Waals surface area (Å²) in [5.41, 5.74) is 4.22. The molecule has 0 amide bonds. The number of rotatable bonds is 6. The van der Waals surface area contributed by atoms with Crippen LogP contribution in [0.25, 0.3) is 0 Å². The predicted octanol–water partition coefficient (Wildman–Crippen LogP) is 4.53. The van der Waals surface area contributed by atoms with Crippen LogP contribution in [0.4, 0.5) is 5.69 Å². The lowest BCUT2D eigenvalue weighted by Gasteiger charge is -2.15. The van der Waals surface area contributed by atoms with Crippen LogP contribution in [-0.2, 0) is 19.3 Å². The Hall–Kier alpha value is -1.28. The van der Waals surface area contributed by atoms with E-state index in [0.29, 0.717) is 0 Å². The van der Waals surface area contributed by atoms with Crippen LogP contribution in [0.15, 0.2) is 35.7 Å². The van der Waals surface area contributed by atoms with Crippen LogP contribution in [0.2, 0.25) is 0 Å². The lowest BCUT2D eigenvalue weighted by atomic mass is 10.0. The average Bonchev–Trinajstić information content (AvgIpc) is 2.92. The molecule has 1 nitrogen and oxygen atoms in total. The van der Waals surface area contributed by atoms with E-state index in [0.717, 1.165) is 25.8 Å². The van der Waals surface area contributed by atoms with E-state index in [-0.39, 0.29) is 0 Å². The van der Waals surface area contributed by atoms with Gasteiger partial charge in [0, 0.05) is 17.1 Å². The molecule has 96 valence electrons. The molecule has 2 rings (SSSR count). The molecule has 2 heteroatoms. The molecule has 2 aromatic rings. The van der Waals surface area contributed by atoms with Crippen LogP contribution in [0.3, 0.4) is 0 Å². The van der Waals surface area contributed by atoms with Gasteiger partial charge in [-0.05, 0) is 41.8 Å². The molecule has 0 aliphatic heterocycles. The zero-order chi connectivity index (χ0) is 12.8. The minimum absolute atomic E-state index is 1.02. The van der Waals surface area contributed by atoms with Crippen molar-refractivity contribution >= 4 is 17.0 Å². The first-order valence-electron chi connectivity index (χ1n) is 6.72. The first kappa shape index (κ1) is 13.2. The smallest absolute Gasteiger partial charge is 0.0405 e. The van der Waals surface area contributed by atoms with Crippen molar-refractivity contribution in [3.05, 3.63) is 51.7 Å². The van der Waals surface area contributed by atoms with Gasteiger partial charge >= 0.3 is 0 Å². The van der Waals surface area contributed by atoms with Gasteiger partial charge in [-0.15, -0.1) is 11.3 Å². The van der Waals surface area contributed by atoms with Gasteiger partial charge in [0.1, 0.15) is 0 Å². The van der Waals surface area contributed by atoms with Crippen molar-refractivity contribution in [3.8, 4) is 0 Å². The van der Waals surface area contributed by atoms with E-state index in [1.165, 1.54) is 21.7 Å². The van der Waals surface area contributed by atoms with Gasteiger partial charge in [0.2, 0.25) is 0 Å². The quantitative estimate of drug-likeness (QED) is 0.804. The lowest BCUT2D eigenvalue weighted by Crippen LogP contribution is -2.08. The van der Waals surface area contributed by atoms with Crippen molar-refractivity contribution in [1.29, 1.82) is 0 Å². The van der Waals surface area contributed by atoms with Gasteiger partial charge in [-0.25, -0.2) is 0 Å². The first-order chi connectivity index (χ1) is 8.85. The van der Waals surface area contributed by atoms with Crippen molar-refractivity contribution in [1.82, 2.24) is 0 Å². The summed E-state index contributed by atoms with van der Waals surface area (Å²) in [6.45, 7) is 5.46. The Balaban J connectivity index is 2.03. The molecule has 0 aliphatic rings. The molecule has 1 aromatic carbocycles. The zero-order valence-corrected chi connectivity index (χ0v) is 12.0. The van der Waals surface area contributed by atoms with Crippen molar-refractivity contribution in [3.63, 3.8) is 0 Å². The van der Waals surface area contributed by atoms with Crippen LogP contribution < -0.4 is 5.32 Å². The molecule has 1 N–H and O–H groups in total. The number of hydrogen-bond acceptors (Lipinski definition) is 2. The summed E-state index contributed by atoms with van der Waals surface area (Å²) in [6.07, 6.45) is 3.29. The Bertz CT molecular complexity index is 452. The van der Waals surface area contributed by atoms with Crippen molar-refractivity contribution in [2.45, 2.75) is 33.1 Å². The Labute approximate surface area is 114 Å². The predicted molar refractivity (Wildman–Crippen MR) is 81.7 cm³/mol. The third-order valence-electron chi connectivity index (χ3n) is 3.25. The summed E-state index contributed by atoms with van der Waals surface area (Å²) in [4.78, 5) is 1.45. The van der Waals surface area contributed by atoms with Crippen LogP contribution in [0.1, 0.15) is 29.9 Å². The SMILES string of the molecule is CCc1cccc(CC)c1NCCc1cccs1. The summed E-state index contributed by atoms with van der Waals surface area (Å²) in [5.74, 6) is 0.